The lowest BCUT2D eigenvalue weighted by Gasteiger charge is -2.16. The zero-order valence-electron chi connectivity index (χ0n) is 9.98. The summed E-state index contributed by atoms with van der Waals surface area (Å²) in [6.45, 7) is 2.72. The Morgan fingerprint density at radius 1 is 1.47 bits per heavy atom. The molecular formula is C11H17BrN2O2S. The number of hydrogen-bond acceptors (Lipinski definition) is 4. The van der Waals surface area contributed by atoms with Gasteiger partial charge in [-0.05, 0) is 40.5 Å². The third-order valence-electron chi connectivity index (χ3n) is 2.24. The van der Waals surface area contributed by atoms with E-state index in [0.29, 0.717) is 6.42 Å². The molecule has 1 atom stereocenters. The predicted molar refractivity (Wildman–Crippen MR) is 72.8 cm³/mol. The molecule has 0 amide bonds. The molecule has 96 valence electrons. The molecule has 4 nitrogen and oxygen atoms in total. The van der Waals surface area contributed by atoms with Crippen LogP contribution in [0.3, 0.4) is 0 Å². The van der Waals surface area contributed by atoms with Gasteiger partial charge in [0.2, 0.25) is 0 Å². The van der Waals surface area contributed by atoms with Gasteiger partial charge in [0.15, 0.2) is 0 Å². The van der Waals surface area contributed by atoms with Gasteiger partial charge in [0.1, 0.15) is 9.84 Å². The molecule has 0 spiro atoms. The normalized spacial score (nSPS) is 13.6. The van der Waals surface area contributed by atoms with Crippen molar-refractivity contribution in [3.63, 3.8) is 0 Å². The van der Waals surface area contributed by atoms with Gasteiger partial charge in [-0.3, -0.25) is 4.98 Å². The fraction of sp³-hybridized carbons (Fsp3) is 0.545. The van der Waals surface area contributed by atoms with Crippen molar-refractivity contribution in [2.24, 2.45) is 0 Å². The SMILES string of the molecule is CCNC(Cc1cncc(Br)c1)CS(C)(=O)=O. The maximum absolute atomic E-state index is 11.3. The number of nitrogens with zero attached hydrogens (tertiary/aromatic N) is 1. The summed E-state index contributed by atoms with van der Waals surface area (Å²) in [6.07, 6.45) is 5.39. The van der Waals surface area contributed by atoms with E-state index in [-0.39, 0.29) is 11.8 Å². The summed E-state index contributed by atoms with van der Waals surface area (Å²) < 4.78 is 23.5. The first kappa shape index (κ1) is 14.6. The fourth-order valence-corrected chi connectivity index (χ4v) is 3.08. The molecule has 0 radical (unpaired) electrons. The van der Waals surface area contributed by atoms with Crippen LogP contribution >= 0.6 is 15.9 Å². The minimum absolute atomic E-state index is 0.0638. The number of likely N-dealkylation sites (N-methyl/N-ethyl adjacent to an activating group) is 1. The Kier molecular flexibility index (Phi) is 5.55. The molecule has 0 aliphatic carbocycles. The predicted octanol–water partition coefficient (Wildman–Crippen LogP) is 1.41. The molecule has 0 aliphatic rings. The summed E-state index contributed by atoms with van der Waals surface area (Å²) in [5.41, 5.74) is 1.02. The number of rotatable bonds is 6. The van der Waals surface area contributed by atoms with E-state index in [1.54, 1.807) is 12.4 Å². The average Bonchev–Trinajstić information content (AvgIpc) is 2.15. The molecule has 0 saturated carbocycles. The molecular weight excluding hydrogens is 304 g/mol. The van der Waals surface area contributed by atoms with Gasteiger partial charge in [-0.25, -0.2) is 8.42 Å². The van der Waals surface area contributed by atoms with Crippen molar-refractivity contribution in [3.05, 3.63) is 28.5 Å². The number of pyridine rings is 1. The van der Waals surface area contributed by atoms with E-state index in [2.05, 4.69) is 26.2 Å². The lowest BCUT2D eigenvalue weighted by molar-refractivity contribution is 0.544. The van der Waals surface area contributed by atoms with Gasteiger partial charge in [0.05, 0.1) is 5.75 Å². The molecule has 6 heteroatoms. The van der Waals surface area contributed by atoms with Gasteiger partial charge in [-0.15, -0.1) is 0 Å². The highest BCUT2D eigenvalue weighted by molar-refractivity contribution is 9.10. The van der Waals surface area contributed by atoms with Crippen molar-refractivity contribution in [3.8, 4) is 0 Å². The van der Waals surface area contributed by atoms with E-state index in [1.807, 2.05) is 13.0 Å². The second-order valence-electron chi connectivity index (χ2n) is 4.06. The van der Waals surface area contributed by atoms with Crippen LogP contribution in [0.15, 0.2) is 22.9 Å². The average molecular weight is 321 g/mol. The highest BCUT2D eigenvalue weighted by Crippen LogP contribution is 2.11. The first-order valence-electron chi connectivity index (χ1n) is 5.41. The van der Waals surface area contributed by atoms with E-state index in [1.165, 1.54) is 6.26 Å². The molecule has 17 heavy (non-hydrogen) atoms. The van der Waals surface area contributed by atoms with Crippen LogP contribution in [0.2, 0.25) is 0 Å². The molecule has 1 unspecified atom stereocenters. The van der Waals surface area contributed by atoms with Crippen LogP contribution in [0.5, 0.6) is 0 Å². The summed E-state index contributed by atoms with van der Waals surface area (Å²) in [5.74, 6) is 0.146. The molecule has 1 heterocycles. The van der Waals surface area contributed by atoms with E-state index in [9.17, 15) is 8.42 Å². The standard InChI is InChI=1S/C11H17BrN2O2S/c1-3-14-11(8-17(2,15)16)5-9-4-10(12)7-13-6-9/h4,6-7,11,14H,3,5,8H2,1-2H3. The summed E-state index contributed by atoms with van der Waals surface area (Å²) >= 11 is 3.35. The highest BCUT2D eigenvalue weighted by Gasteiger charge is 2.15. The lowest BCUT2D eigenvalue weighted by atomic mass is 10.1. The van der Waals surface area contributed by atoms with Gasteiger partial charge in [0.25, 0.3) is 0 Å². The molecule has 1 rings (SSSR count). The minimum atomic E-state index is -2.97. The number of halogens is 1. The smallest absolute Gasteiger partial charge is 0.148 e. The van der Waals surface area contributed by atoms with Crippen LogP contribution in [0.4, 0.5) is 0 Å². The first-order valence-corrected chi connectivity index (χ1v) is 8.26. The third kappa shape index (κ3) is 6.14. The summed E-state index contributed by atoms with van der Waals surface area (Å²) in [6, 6.07) is 1.89. The largest absolute Gasteiger partial charge is 0.313 e. The third-order valence-corrected chi connectivity index (χ3v) is 3.68. The van der Waals surface area contributed by atoms with Gasteiger partial charge in [0, 0.05) is 29.2 Å². The maximum atomic E-state index is 11.3. The molecule has 1 aromatic heterocycles. The quantitative estimate of drug-likeness (QED) is 0.861. The van der Waals surface area contributed by atoms with Crippen LogP contribution in [0.1, 0.15) is 12.5 Å². The van der Waals surface area contributed by atoms with Gasteiger partial charge < -0.3 is 5.32 Å². The molecule has 1 aromatic rings. The number of aromatic nitrogens is 1. The van der Waals surface area contributed by atoms with E-state index in [4.69, 9.17) is 0 Å². The highest BCUT2D eigenvalue weighted by atomic mass is 79.9. The van der Waals surface area contributed by atoms with Crippen molar-refractivity contribution in [1.82, 2.24) is 10.3 Å². The fourth-order valence-electron chi connectivity index (χ4n) is 1.70. The molecule has 0 saturated heterocycles. The summed E-state index contributed by atoms with van der Waals surface area (Å²) in [7, 11) is -2.97. The second kappa shape index (κ2) is 6.47. The number of hydrogen-bond donors (Lipinski definition) is 1. The van der Waals surface area contributed by atoms with Crippen molar-refractivity contribution in [2.75, 3.05) is 18.6 Å². The van der Waals surface area contributed by atoms with Crippen LogP contribution in [-0.2, 0) is 16.3 Å². The van der Waals surface area contributed by atoms with E-state index >= 15 is 0 Å². The Morgan fingerprint density at radius 2 is 2.18 bits per heavy atom. The minimum Gasteiger partial charge on any atom is -0.313 e. The monoisotopic (exact) mass is 320 g/mol. The van der Waals surface area contributed by atoms with Gasteiger partial charge in [-0.2, -0.15) is 0 Å². The zero-order chi connectivity index (χ0) is 12.9. The summed E-state index contributed by atoms with van der Waals surface area (Å²) in [4.78, 5) is 4.07. The Balaban J connectivity index is 2.73. The second-order valence-corrected chi connectivity index (χ2v) is 7.16. The van der Waals surface area contributed by atoms with Crippen molar-refractivity contribution in [1.29, 1.82) is 0 Å². The molecule has 1 N–H and O–H groups in total. The van der Waals surface area contributed by atoms with Crippen molar-refractivity contribution in [2.45, 2.75) is 19.4 Å². The number of sulfone groups is 1. The molecule has 0 bridgehead atoms. The van der Waals surface area contributed by atoms with Crippen LogP contribution < -0.4 is 5.32 Å². The van der Waals surface area contributed by atoms with Crippen molar-refractivity contribution >= 4 is 25.8 Å². The Bertz CT molecular complexity index is 462. The van der Waals surface area contributed by atoms with E-state index in [0.717, 1.165) is 16.6 Å². The van der Waals surface area contributed by atoms with Gasteiger partial charge in [-0.1, -0.05) is 6.92 Å². The molecule has 0 fully saturated rings. The van der Waals surface area contributed by atoms with Crippen molar-refractivity contribution < 1.29 is 8.42 Å². The van der Waals surface area contributed by atoms with E-state index < -0.39 is 9.84 Å². The Hall–Kier alpha value is -0.460. The van der Waals surface area contributed by atoms with Gasteiger partial charge >= 0.3 is 0 Å². The van der Waals surface area contributed by atoms with Crippen LogP contribution in [-0.4, -0.2) is 38.0 Å². The Morgan fingerprint density at radius 3 is 2.71 bits per heavy atom. The lowest BCUT2D eigenvalue weighted by Crippen LogP contribution is -2.37. The maximum Gasteiger partial charge on any atom is 0.148 e. The molecule has 0 aliphatic heterocycles. The van der Waals surface area contributed by atoms with Crippen LogP contribution in [0, 0.1) is 0 Å². The molecule has 0 aromatic carbocycles. The summed E-state index contributed by atoms with van der Waals surface area (Å²) in [5, 5.41) is 3.18. The topological polar surface area (TPSA) is 59.1 Å². The number of nitrogens with one attached hydrogen (secondary N) is 1. The zero-order valence-corrected chi connectivity index (χ0v) is 12.4. The Labute approximate surface area is 111 Å². The first-order chi connectivity index (χ1) is 7.90. The van der Waals surface area contributed by atoms with Crippen LogP contribution in [0.25, 0.3) is 0 Å².